The minimum absolute atomic E-state index is 0.0251. The summed E-state index contributed by atoms with van der Waals surface area (Å²) in [5.74, 6) is -0.980. The number of hydrogen-bond acceptors (Lipinski definition) is 5. The van der Waals surface area contributed by atoms with Crippen molar-refractivity contribution in [1.29, 1.82) is 0 Å². The van der Waals surface area contributed by atoms with Crippen LogP contribution in [-0.2, 0) is 4.79 Å². The van der Waals surface area contributed by atoms with Crippen LogP contribution in [0.5, 0.6) is 0 Å². The number of nitro benzene ring substituents is 1. The summed E-state index contributed by atoms with van der Waals surface area (Å²) in [5.41, 5.74) is 0.0218. The summed E-state index contributed by atoms with van der Waals surface area (Å²) in [5, 5.41) is 15.6. The summed E-state index contributed by atoms with van der Waals surface area (Å²) < 4.78 is 4.92. The molecule has 8 nitrogen and oxygen atoms in total. The largest absolute Gasteiger partial charge is 0.459 e. The van der Waals surface area contributed by atoms with E-state index in [9.17, 15) is 19.7 Å². The Hall–Kier alpha value is -2.87. The van der Waals surface area contributed by atoms with E-state index in [0.29, 0.717) is 0 Å². The van der Waals surface area contributed by atoms with Gasteiger partial charge in [-0.25, -0.2) is 0 Å². The van der Waals surface area contributed by atoms with Crippen LogP contribution in [0.4, 0.5) is 11.4 Å². The number of nitrogens with one attached hydrogen (secondary N) is 2. The average molecular weight is 338 g/mol. The van der Waals surface area contributed by atoms with Crippen LogP contribution in [-0.4, -0.2) is 22.8 Å². The van der Waals surface area contributed by atoms with Crippen LogP contribution in [0, 0.1) is 10.1 Å². The minimum Gasteiger partial charge on any atom is -0.459 e. The topological polar surface area (TPSA) is 114 Å². The highest BCUT2D eigenvalue weighted by atomic mass is 35.5. The fraction of sp³-hybridized carbons (Fsp3) is 0.143. The average Bonchev–Trinajstić information content (AvgIpc) is 3.03. The molecule has 0 aliphatic heterocycles. The lowest BCUT2D eigenvalue weighted by Gasteiger charge is -2.14. The zero-order chi connectivity index (χ0) is 17.0. The Morgan fingerprint density at radius 1 is 1.35 bits per heavy atom. The van der Waals surface area contributed by atoms with Gasteiger partial charge in [-0.15, -0.1) is 0 Å². The van der Waals surface area contributed by atoms with Crippen LogP contribution >= 0.6 is 11.6 Å². The normalized spacial score (nSPS) is 11.6. The Morgan fingerprint density at radius 2 is 2.09 bits per heavy atom. The van der Waals surface area contributed by atoms with Crippen molar-refractivity contribution < 1.29 is 18.9 Å². The molecule has 0 aliphatic rings. The fourth-order valence-corrected chi connectivity index (χ4v) is 1.92. The molecule has 1 aromatic carbocycles. The van der Waals surface area contributed by atoms with E-state index in [0.717, 1.165) is 6.07 Å². The molecule has 9 heteroatoms. The molecule has 0 spiro atoms. The predicted molar refractivity (Wildman–Crippen MR) is 82.4 cm³/mol. The van der Waals surface area contributed by atoms with Crippen molar-refractivity contribution in [1.82, 2.24) is 5.32 Å². The van der Waals surface area contributed by atoms with Crippen molar-refractivity contribution in [2.24, 2.45) is 0 Å². The molecule has 0 radical (unpaired) electrons. The van der Waals surface area contributed by atoms with Gasteiger partial charge in [0, 0.05) is 12.1 Å². The van der Waals surface area contributed by atoms with Gasteiger partial charge >= 0.3 is 0 Å². The highest BCUT2D eigenvalue weighted by Crippen LogP contribution is 2.26. The van der Waals surface area contributed by atoms with Gasteiger partial charge in [0.05, 0.1) is 21.9 Å². The molecule has 1 heterocycles. The number of carbonyl (C=O) groups is 2. The number of furan rings is 1. The Bertz CT molecular complexity index is 745. The standard InChI is InChI=1S/C14H12ClN3O5/c1-8(16-14(20)12-3-2-6-23-12)13(19)17-11-5-4-9(18(21)22)7-10(11)15/h2-8H,1H3,(H,16,20)(H,17,19). The van der Waals surface area contributed by atoms with Crippen molar-refractivity contribution in [2.45, 2.75) is 13.0 Å². The lowest BCUT2D eigenvalue weighted by atomic mass is 10.2. The Morgan fingerprint density at radius 3 is 2.65 bits per heavy atom. The first kappa shape index (κ1) is 16.5. The van der Waals surface area contributed by atoms with Gasteiger partial charge < -0.3 is 15.1 Å². The van der Waals surface area contributed by atoms with Gasteiger partial charge in [-0.3, -0.25) is 19.7 Å². The van der Waals surface area contributed by atoms with E-state index in [2.05, 4.69) is 10.6 Å². The Labute approximate surface area is 135 Å². The molecule has 2 N–H and O–H groups in total. The molecular formula is C14H12ClN3O5. The first-order chi connectivity index (χ1) is 10.9. The lowest BCUT2D eigenvalue weighted by Crippen LogP contribution is -2.41. The van der Waals surface area contributed by atoms with Gasteiger partial charge in [-0.1, -0.05) is 11.6 Å². The number of non-ortho nitro benzene ring substituents is 1. The smallest absolute Gasteiger partial charge is 0.287 e. The van der Waals surface area contributed by atoms with E-state index < -0.39 is 22.8 Å². The van der Waals surface area contributed by atoms with Gasteiger partial charge in [-0.2, -0.15) is 0 Å². The summed E-state index contributed by atoms with van der Waals surface area (Å²) in [6, 6.07) is 5.82. The van der Waals surface area contributed by atoms with Crippen LogP contribution in [0.1, 0.15) is 17.5 Å². The molecule has 0 bridgehead atoms. The fourth-order valence-electron chi connectivity index (χ4n) is 1.70. The van der Waals surface area contributed by atoms with Gasteiger partial charge in [0.15, 0.2) is 5.76 Å². The molecule has 0 saturated carbocycles. The van der Waals surface area contributed by atoms with E-state index in [4.69, 9.17) is 16.0 Å². The zero-order valence-electron chi connectivity index (χ0n) is 11.9. The van der Waals surface area contributed by atoms with E-state index in [1.807, 2.05) is 0 Å². The zero-order valence-corrected chi connectivity index (χ0v) is 12.7. The molecule has 2 aromatic rings. The molecule has 2 rings (SSSR count). The quantitative estimate of drug-likeness (QED) is 0.642. The maximum absolute atomic E-state index is 12.0. The Kier molecular flexibility index (Phi) is 4.97. The second-order valence-electron chi connectivity index (χ2n) is 4.58. The number of nitro groups is 1. The van der Waals surface area contributed by atoms with Crippen molar-refractivity contribution >= 4 is 34.8 Å². The van der Waals surface area contributed by atoms with E-state index in [-0.39, 0.29) is 22.2 Å². The van der Waals surface area contributed by atoms with Crippen LogP contribution in [0.3, 0.4) is 0 Å². The van der Waals surface area contributed by atoms with E-state index in [1.165, 1.54) is 31.4 Å². The molecule has 0 aliphatic carbocycles. The summed E-state index contributed by atoms with van der Waals surface area (Å²) in [4.78, 5) is 33.9. The summed E-state index contributed by atoms with van der Waals surface area (Å²) in [6.45, 7) is 1.48. The van der Waals surface area contributed by atoms with Crippen molar-refractivity contribution in [3.8, 4) is 0 Å². The highest BCUT2D eigenvalue weighted by molar-refractivity contribution is 6.34. The van der Waals surface area contributed by atoms with Gasteiger partial charge in [0.1, 0.15) is 6.04 Å². The first-order valence-corrected chi connectivity index (χ1v) is 6.85. The highest BCUT2D eigenvalue weighted by Gasteiger charge is 2.19. The van der Waals surface area contributed by atoms with Gasteiger partial charge in [0.25, 0.3) is 11.6 Å². The SMILES string of the molecule is CC(NC(=O)c1ccco1)C(=O)Nc1ccc([N+](=O)[O-])cc1Cl. The summed E-state index contributed by atoms with van der Waals surface area (Å²) in [7, 11) is 0. The monoisotopic (exact) mass is 337 g/mol. The maximum Gasteiger partial charge on any atom is 0.287 e. The summed E-state index contributed by atoms with van der Waals surface area (Å²) >= 11 is 5.89. The van der Waals surface area contributed by atoms with E-state index in [1.54, 1.807) is 6.07 Å². The maximum atomic E-state index is 12.0. The number of hydrogen-bond donors (Lipinski definition) is 2. The second kappa shape index (κ2) is 6.93. The van der Waals surface area contributed by atoms with Crippen molar-refractivity contribution in [3.63, 3.8) is 0 Å². The molecule has 1 aromatic heterocycles. The third kappa shape index (κ3) is 4.07. The lowest BCUT2D eigenvalue weighted by molar-refractivity contribution is -0.384. The second-order valence-corrected chi connectivity index (χ2v) is 4.99. The van der Waals surface area contributed by atoms with Crippen molar-refractivity contribution in [2.75, 3.05) is 5.32 Å². The van der Waals surface area contributed by atoms with Gasteiger partial charge in [-0.05, 0) is 25.1 Å². The van der Waals surface area contributed by atoms with Crippen LogP contribution in [0.15, 0.2) is 41.0 Å². The number of amides is 2. The minimum atomic E-state index is -0.862. The number of rotatable bonds is 5. The van der Waals surface area contributed by atoms with Gasteiger partial charge in [0.2, 0.25) is 5.91 Å². The number of anilines is 1. The molecule has 1 atom stereocenters. The van der Waals surface area contributed by atoms with E-state index >= 15 is 0 Å². The number of carbonyl (C=O) groups excluding carboxylic acids is 2. The molecular weight excluding hydrogens is 326 g/mol. The summed E-state index contributed by atoms with van der Waals surface area (Å²) in [6.07, 6.45) is 1.34. The van der Waals surface area contributed by atoms with Crippen LogP contribution in [0.2, 0.25) is 5.02 Å². The molecule has 120 valence electrons. The molecule has 1 unspecified atom stereocenters. The number of nitrogens with zero attached hydrogens (tertiary/aromatic N) is 1. The first-order valence-electron chi connectivity index (χ1n) is 6.47. The molecule has 0 fully saturated rings. The molecule has 2 amide bonds. The molecule has 23 heavy (non-hydrogen) atoms. The van der Waals surface area contributed by atoms with Crippen LogP contribution in [0.25, 0.3) is 0 Å². The predicted octanol–water partition coefficient (Wildman–Crippen LogP) is 2.60. The third-order valence-electron chi connectivity index (χ3n) is 2.91. The van der Waals surface area contributed by atoms with Crippen molar-refractivity contribution in [3.05, 3.63) is 57.5 Å². The number of benzene rings is 1. The number of halogens is 1. The van der Waals surface area contributed by atoms with Crippen LogP contribution < -0.4 is 10.6 Å². The third-order valence-corrected chi connectivity index (χ3v) is 3.22. The molecule has 0 saturated heterocycles. The Balaban J connectivity index is 2.01.